The molecule has 5 heteroatoms. The number of nitrogens with one attached hydrogen (secondary N) is 1. The van der Waals surface area contributed by atoms with Gasteiger partial charge in [-0.05, 0) is 46.8 Å². The van der Waals surface area contributed by atoms with Gasteiger partial charge in [0.05, 0.1) is 22.3 Å². The third kappa shape index (κ3) is 3.12. The zero-order valence-corrected chi connectivity index (χ0v) is 13.4. The van der Waals surface area contributed by atoms with Crippen LogP contribution in [-0.2, 0) is 5.54 Å². The monoisotopic (exact) mass is 292 g/mol. The van der Waals surface area contributed by atoms with Crippen LogP contribution < -0.4 is 5.32 Å². The first kappa shape index (κ1) is 14.9. The van der Waals surface area contributed by atoms with E-state index in [0.717, 1.165) is 11.3 Å². The van der Waals surface area contributed by atoms with E-state index < -0.39 is 0 Å². The fraction of sp³-hybridized carbons (Fsp3) is 0.467. The van der Waals surface area contributed by atoms with Gasteiger partial charge < -0.3 is 5.32 Å². The van der Waals surface area contributed by atoms with Crippen molar-refractivity contribution in [2.45, 2.75) is 46.2 Å². The Balaban J connectivity index is 2.24. The number of pyridine rings is 1. The van der Waals surface area contributed by atoms with Crippen LogP contribution in [0.3, 0.4) is 0 Å². The van der Waals surface area contributed by atoms with Crippen LogP contribution in [0.2, 0.25) is 5.02 Å². The lowest BCUT2D eigenvalue weighted by Gasteiger charge is -2.19. The van der Waals surface area contributed by atoms with Gasteiger partial charge in [0.2, 0.25) is 0 Å². The lowest BCUT2D eigenvalue weighted by Crippen LogP contribution is -2.22. The molecule has 1 N–H and O–H groups in total. The van der Waals surface area contributed by atoms with E-state index in [4.69, 9.17) is 11.6 Å². The smallest absolute Gasteiger partial charge is 0.145 e. The van der Waals surface area contributed by atoms with E-state index >= 15 is 0 Å². The highest BCUT2D eigenvalue weighted by Gasteiger charge is 2.19. The van der Waals surface area contributed by atoms with E-state index in [1.807, 2.05) is 23.7 Å². The Bertz CT molecular complexity index is 598. The third-order valence-corrected chi connectivity index (χ3v) is 3.51. The van der Waals surface area contributed by atoms with Crippen LogP contribution >= 0.6 is 11.6 Å². The van der Waals surface area contributed by atoms with E-state index in [9.17, 15) is 0 Å². The Labute approximate surface area is 125 Å². The summed E-state index contributed by atoms with van der Waals surface area (Å²) < 4.78 is 2.00. The van der Waals surface area contributed by atoms with Crippen molar-refractivity contribution in [1.82, 2.24) is 14.8 Å². The van der Waals surface area contributed by atoms with Crippen molar-refractivity contribution in [2.75, 3.05) is 5.32 Å². The third-order valence-electron chi connectivity index (χ3n) is 3.20. The molecule has 0 bridgehead atoms. The van der Waals surface area contributed by atoms with Crippen molar-refractivity contribution < 1.29 is 0 Å². The second-order valence-corrected chi connectivity index (χ2v) is 6.39. The Morgan fingerprint density at radius 2 is 2.05 bits per heavy atom. The maximum atomic E-state index is 6.13. The summed E-state index contributed by atoms with van der Waals surface area (Å²) >= 11 is 6.13. The maximum Gasteiger partial charge on any atom is 0.145 e. The summed E-state index contributed by atoms with van der Waals surface area (Å²) in [5, 5.41) is 8.55. The number of hydrogen-bond acceptors (Lipinski definition) is 3. The molecule has 4 nitrogen and oxygen atoms in total. The van der Waals surface area contributed by atoms with Crippen LogP contribution in [0, 0.1) is 6.92 Å². The van der Waals surface area contributed by atoms with Gasteiger partial charge in [0.25, 0.3) is 0 Å². The topological polar surface area (TPSA) is 42.7 Å². The highest BCUT2D eigenvalue weighted by molar-refractivity contribution is 6.32. The van der Waals surface area contributed by atoms with E-state index in [2.05, 4.69) is 49.3 Å². The average Bonchev–Trinajstić information content (AvgIpc) is 2.74. The van der Waals surface area contributed by atoms with Crippen molar-refractivity contribution in [1.29, 1.82) is 0 Å². The van der Waals surface area contributed by atoms with Gasteiger partial charge in [0.15, 0.2) is 0 Å². The van der Waals surface area contributed by atoms with Gasteiger partial charge in [0.1, 0.15) is 5.82 Å². The summed E-state index contributed by atoms with van der Waals surface area (Å²) in [5.74, 6) is 0.699. The van der Waals surface area contributed by atoms with Crippen molar-refractivity contribution in [3.8, 4) is 0 Å². The van der Waals surface area contributed by atoms with Gasteiger partial charge in [0, 0.05) is 18.0 Å². The Morgan fingerprint density at radius 1 is 1.35 bits per heavy atom. The fourth-order valence-corrected chi connectivity index (χ4v) is 2.19. The zero-order chi connectivity index (χ0) is 14.9. The molecule has 2 rings (SSSR count). The van der Waals surface area contributed by atoms with E-state index in [1.54, 1.807) is 6.20 Å². The van der Waals surface area contributed by atoms with E-state index in [0.29, 0.717) is 10.8 Å². The molecule has 0 amide bonds. The summed E-state index contributed by atoms with van der Waals surface area (Å²) in [6, 6.07) is 3.74. The summed E-state index contributed by atoms with van der Waals surface area (Å²) in [6.45, 7) is 10.5. The number of aromatic nitrogens is 3. The van der Waals surface area contributed by atoms with Gasteiger partial charge in [-0.1, -0.05) is 11.6 Å². The van der Waals surface area contributed by atoms with Crippen LogP contribution in [0.25, 0.3) is 0 Å². The number of anilines is 1. The molecule has 0 aromatic carbocycles. The average molecular weight is 293 g/mol. The Kier molecular flexibility index (Phi) is 4.04. The van der Waals surface area contributed by atoms with Gasteiger partial charge >= 0.3 is 0 Å². The van der Waals surface area contributed by atoms with Gasteiger partial charge in [-0.25, -0.2) is 4.98 Å². The number of rotatable bonds is 3. The summed E-state index contributed by atoms with van der Waals surface area (Å²) in [5.41, 5.74) is 2.15. The van der Waals surface area contributed by atoms with Gasteiger partial charge in [-0.2, -0.15) is 5.10 Å². The molecule has 20 heavy (non-hydrogen) atoms. The molecule has 0 saturated heterocycles. The first-order valence-corrected chi connectivity index (χ1v) is 7.10. The van der Waals surface area contributed by atoms with Gasteiger partial charge in [-0.15, -0.1) is 0 Å². The zero-order valence-electron chi connectivity index (χ0n) is 12.6. The lowest BCUT2D eigenvalue weighted by atomic mass is 10.1. The molecule has 0 aliphatic rings. The molecule has 1 unspecified atom stereocenters. The highest BCUT2D eigenvalue weighted by Crippen LogP contribution is 2.26. The molecular formula is C15H21ClN4. The van der Waals surface area contributed by atoms with E-state index in [1.165, 1.54) is 0 Å². The van der Waals surface area contributed by atoms with E-state index in [-0.39, 0.29) is 11.6 Å². The number of aryl methyl sites for hydroxylation is 1. The Hall–Kier alpha value is -1.55. The molecule has 0 aliphatic heterocycles. The predicted octanol–water partition coefficient (Wildman–Crippen LogP) is 4.17. The standard InChI is InChI=1S/C15H21ClN4/c1-10(18-14-13(16)7-6-8-17-14)12-9-20(15(3,4)5)19-11(12)2/h6-10H,1-5H3,(H,17,18). The van der Waals surface area contributed by atoms with Crippen molar-refractivity contribution in [2.24, 2.45) is 0 Å². The minimum Gasteiger partial charge on any atom is -0.362 e. The van der Waals surface area contributed by atoms with Crippen molar-refractivity contribution in [3.05, 3.63) is 40.8 Å². The van der Waals surface area contributed by atoms with Crippen molar-refractivity contribution >= 4 is 17.4 Å². The quantitative estimate of drug-likeness (QED) is 0.923. The molecule has 2 heterocycles. The molecule has 1 atom stereocenters. The number of halogens is 1. The number of nitrogens with zero attached hydrogens (tertiary/aromatic N) is 3. The predicted molar refractivity (Wildman–Crippen MR) is 83.2 cm³/mol. The Morgan fingerprint density at radius 3 is 2.60 bits per heavy atom. The normalized spacial score (nSPS) is 13.3. The van der Waals surface area contributed by atoms with Crippen LogP contribution in [0.5, 0.6) is 0 Å². The molecule has 0 saturated carbocycles. The van der Waals surface area contributed by atoms with Crippen LogP contribution in [0.4, 0.5) is 5.82 Å². The number of hydrogen-bond donors (Lipinski definition) is 1. The summed E-state index contributed by atoms with van der Waals surface area (Å²) in [7, 11) is 0. The second-order valence-electron chi connectivity index (χ2n) is 5.99. The van der Waals surface area contributed by atoms with Crippen LogP contribution in [0.1, 0.15) is 45.0 Å². The molecule has 0 spiro atoms. The molecular weight excluding hydrogens is 272 g/mol. The van der Waals surface area contributed by atoms with Crippen LogP contribution in [0.15, 0.2) is 24.5 Å². The second kappa shape index (κ2) is 5.44. The maximum absolute atomic E-state index is 6.13. The SMILES string of the molecule is Cc1nn(C(C)(C)C)cc1C(C)Nc1ncccc1Cl. The largest absolute Gasteiger partial charge is 0.362 e. The molecule has 0 radical (unpaired) electrons. The lowest BCUT2D eigenvalue weighted by molar-refractivity contribution is 0.354. The molecule has 2 aromatic heterocycles. The molecule has 108 valence electrons. The van der Waals surface area contributed by atoms with Gasteiger partial charge in [-0.3, -0.25) is 4.68 Å². The summed E-state index contributed by atoms with van der Waals surface area (Å²) in [6.07, 6.45) is 3.82. The summed E-state index contributed by atoms with van der Waals surface area (Å²) in [4.78, 5) is 4.26. The first-order valence-electron chi connectivity index (χ1n) is 6.72. The molecule has 2 aromatic rings. The molecule has 0 fully saturated rings. The van der Waals surface area contributed by atoms with Crippen LogP contribution in [-0.4, -0.2) is 14.8 Å². The fourth-order valence-electron chi connectivity index (χ4n) is 2.02. The van der Waals surface area contributed by atoms with Crippen molar-refractivity contribution in [3.63, 3.8) is 0 Å². The highest BCUT2D eigenvalue weighted by atomic mass is 35.5. The molecule has 0 aliphatic carbocycles. The first-order chi connectivity index (χ1) is 9.29. The minimum absolute atomic E-state index is 0.0224. The minimum atomic E-state index is -0.0224.